The largest absolute Gasteiger partial charge is 0.353 e. The van der Waals surface area contributed by atoms with Crippen molar-refractivity contribution in [2.24, 2.45) is 18.4 Å². The van der Waals surface area contributed by atoms with Gasteiger partial charge in [0.15, 0.2) is 0 Å². The van der Waals surface area contributed by atoms with Gasteiger partial charge in [-0.2, -0.15) is 15.5 Å². The molecule has 1 saturated carbocycles. The van der Waals surface area contributed by atoms with Gasteiger partial charge >= 0.3 is 0 Å². The molecule has 0 radical (unpaired) electrons. The lowest BCUT2D eigenvalue weighted by Crippen LogP contribution is -2.51. The fourth-order valence-corrected chi connectivity index (χ4v) is 6.01. The van der Waals surface area contributed by atoms with E-state index in [9.17, 15) is 10.1 Å². The highest BCUT2D eigenvalue weighted by molar-refractivity contribution is 5.88. The maximum Gasteiger partial charge on any atom is 0.230 e. The van der Waals surface area contributed by atoms with E-state index in [1.165, 1.54) is 0 Å². The molecule has 10 heteroatoms. The molecule has 0 bridgehead atoms. The Kier molecular flexibility index (Phi) is 4.84. The number of pyridine rings is 2. The number of nitrogens with one attached hydrogen (secondary N) is 1. The predicted molar refractivity (Wildman–Crippen MR) is 138 cm³/mol. The second kappa shape index (κ2) is 8.15. The molecular weight excluding hydrogens is 466 g/mol. The van der Waals surface area contributed by atoms with Crippen LogP contribution in [0.5, 0.6) is 0 Å². The van der Waals surface area contributed by atoms with Gasteiger partial charge in [0, 0.05) is 80.6 Å². The number of rotatable bonds is 4. The third-order valence-electron chi connectivity index (χ3n) is 8.21. The van der Waals surface area contributed by atoms with Gasteiger partial charge < -0.3 is 15.1 Å². The van der Waals surface area contributed by atoms with E-state index in [1.54, 1.807) is 15.4 Å². The third kappa shape index (κ3) is 3.49. The Hall–Kier alpha value is -4.23. The van der Waals surface area contributed by atoms with E-state index in [4.69, 9.17) is 4.98 Å². The van der Waals surface area contributed by atoms with Gasteiger partial charge in [0.25, 0.3) is 0 Å². The van der Waals surface area contributed by atoms with Crippen molar-refractivity contribution in [3.8, 4) is 28.3 Å². The van der Waals surface area contributed by atoms with Gasteiger partial charge in [0.2, 0.25) is 5.91 Å². The zero-order chi connectivity index (χ0) is 25.1. The second-order valence-electron chi connectivity index (χ2n) is 10.4. The number of piperidine rings is 1. The minimum Gasteiger partial charge on any atom is -0.353 e. The summed E-state index contributed by atoms with van der Waals surface area (Å²) in [5.74, 6) is 1.76. The highest BCUT2D eigenvalue weighted by Crippen LogP contribution is 2.56. The molecule has 2 saturated heterocycles. The predicted octanol–water partition coefficient (Wildman–Crippen LogP) is 1.93. The van der Waals surface area contributed by atoms with E-state index in [-0.39, 0.29) is 5.41 Å². The zero-order valence-corrected chi connectivity index (χ0v) is 20.6. The molecule has 10 nitrogen and oxygen atoms in total. The van der Waals surface area contributed by atoms with E-state index in [2.05, 4.69) is 32.5 Å². The number of aromatic nitrogens is 5. The summed E-state index contributed by atoms with van der Waals surface area (Å²) in [7, 11) is 1.89. The van der Waals surface area contributed by atoms with Gasteiger partial charge in [0.1, 0.15) is 11.9 Å². The Bertz CT molecular complexity index is 1550. The average molecular weight is 494 g/mol. The van der Waals surface area contributed by atoms with Crippen LogP contribution in [-0.2, 0) is 11.8 Å². The molecule has 7 rings (SSSR count). The zero-order valence-electron chi connectivity index (χ0n) is 20.6. The lowest BCUT2D eigenvalue weighted by molar-refractivity contribution is -0.137. The summed E-state index contributed by atoms with van der Waals surface area (Å²) in [5.41, 5.74) is 4.91. The van der Waals surface area contributed by atoms with Crippen molar-refractivity contribution >= 4 is 17.2 Å². The average Bonchev–Trinajstić information content (AvgIpc) is 3.30. The highest BCUT2D eigenvalue weighted by Gasteiger charge is 2.63. The molecule has 1 N–H and O–H groups in total. The number of piperazine rings is 1. The van der Waals surface area contributed by atoms with E-state index < -0.39 is 0 Å². The SMILES string of the molecule is Cn1cc(-c2cc(-c3ccc(N4CCN(C(=O)C56CNCC5C6)CC4)nc3)c3c(C#N)cnn3c2)cn1. The van der Waals surface area contributed by atoms with Crippen molar-refractivity contribution in [2.45, 2.75) is 6.42 Å². The third-order valence-corrected chi connectivity index (χ3v) is 8.21. The number of aryl methyl sites for hydroxylation is 1. The number of anilines is 1. The first-order valence-corrected chi connectivity index (χ1v) is 12.7. The lowest BCUT2D eigenvalue weighted by Gasteiger charge is -2.37. The van der Waals surface area contributed by atoms with Crippen LogP contribution in [0, 0.1) is 22.7 Å². The van der Waals surface area contributed by atoms with Gasteiger partial charge in [-0.25, -0.2) is 9.50 Å². The molecular formula is C27H27N9O. The Morgan fingerprint density at radius 3 is 2.59 bits per heavy atom. The van der Waals surface area contributed by atoms with Crippen molar-refractivity contribution in [2.75, 3.05) is 44.2 Å². The molecule has 2 aliphatic heterocycles. The normalized spacial score (nSPS) is 22.8. The van der Waals surface area contributed by atoms with E-state index >= 15 is 0 Å². The first kappa shape index (κ1) is 22.0. The van der Waals surface area contributed by atoms with Crippen LogP contribution in [0.15, 0.2) is 49.2 Å². The molecule has 3 aliphatic rings. The van der Waals surface area contributed by atoms with E-state index in [0.717, 1.165) is 79.3 Å². The smallest absolute Gasteiger partial charge is 0.230 e. The van der Waals surface area contributed by atoms with Crippen molar-refractivity contribution < 1.29 is 4.79 Å². The first-order chi connectivity index (χ1) is 18.1. The van der Waals surface area contributed by atoms with Crippen LogP contribution in [0.1, 0.15) is 12.0 Å². The molecule has 6 heterocycles. The molecule has 4 aromatic rings. The molecule has 186 valence electrons. The Balaban J connectivity index is 1.14. The maximum atomic E-state index is 13.1. The molecule has 3 fully saturated rings. The minimum absolute atomic E-state index is 0.117. The van der Waals surface area contributed by atoms with Crippen LogP contribution in [0.3, 0.4) is 0 Å². The topological polar surface area (TPSA) is 107 Å². The standard InChI is InChI=1S/C27H27N9O/c1-33-15-21(13-31-33)19-8-23(25-20(10-28)12-32-36(25)16-19)18-2-3-24(30-11-18)34-4-6-35(7-5-34)26(37)27-9-22(27)14-29-17-27/h2-3,8,11-13,15-16,22,29H,4-7,9,14,17H2,1H3. The molecule has 0 aromatic carbocycles. The van der Waals surface area contributed by atoms with E-state index in [1.807, 2.05) is 48.9 Å². The summed E-state index contributed by atoms with van der Waals surface area (Å²) < 4.78 is 3.52. The number of nitrogens with zero attached hydrogens (tertiary/aromatic N) is 8. The number of carbonyl (C=O) groups excluding carboxylic acids is 1. The Morgan fingerprint density at radius 1 is 1.08 bits per heavy atom. The maximum absolute atomic E-state index is 13.1. The summed E-state index contributed by atoms with van der Waals surface area (Å²) >= 11 is 0. The van der Waals surface area contributed by atoms with E-state index in [0.29, 0.717) is 17.4 Å². The van der Waals surface area contributed by atoms with Gasteiger partial charge in [-0.1, -0.05) is 0 Å². The molecule has 1 amide bonds. The van der Waals surface area contributed by atoms with Gasteiger partial charge in [-0.3, -0.25) is 9.48 Å². The summed E-state index contributed by atoms with van der Waals surface area (Å²) in [6, 6.07) is 8.41. The van der Waals surface area contributed by atoms with Crippen molar-refractivity contribution in [3.63, 3.8) is 0 Å². The summed E-state index contributed by atoms with van der Waals surface area (Å²) in [4.78, 5) is 22.2. The summed E-state index contributed by atoms with van der Waals surface area (Å²) in [6.45, 7) is 4.81. The molecule has 2 atom stereocenters. The van der Waals surface area contributed by atoms with Crippen LogP contribution < -0.4 is 10.2 Å². The quantitative estimate of drug-likeness (QED) is 0.463. The number of hydrogen-bond donors (Lipinski definition) is 1. The molecule has 0 spiro atoms. The van der Waals surface area contributed by atoms with Crippen molar-refractivity contribution in [1.29, 1.82) is 5.26 Å². The highest BCUT2D eigenvalue weighted by atomic mass is 16.2. The van der Waals surface area contributed by atoms with Gasteiger partial charge in [0.05, 0.1) is 28.9 Å². The monoisotopic (exact) mass is 493 g/mol. The van der Waals surface area contributed by atoms with Crippen molar-refractivity contribution in [3.05, 3.63) is 54.7 Å². The fraction of sp³-hybridized carbons (Fsp3) is 0.370. The van der Waals surface area contributed by atoms with Crippen LogP contribution >= 0.6 is 0 Å². The summed E-state index contributed by atoms with van der Waals surface area (Å²) in [6.07, 6.45) is 10.2. The lowest BCUT2D eigenvalue weighted by atomic mass is 10.0. The number of carbonyl (C=O) groups is 1. The number of fused-ring (bicyclic) bond motifs is 2. The number of amides is 1. The molecule has 2 unspecified atom stereocenters. The van der Waals surface area contributed by atoms with Crippen molar-refractivity contribution in [1.82, 2.24) is 34.6 Å². The van der Waals surface area contributed by atoms with Crippen LogP contribution in [0.25, 0.3) is 27.8 Å². The van der Waals surface area contributed by atoms with Gasteiger partial charge in [-0.15, -0.1) is 0 Å². The fourth-order valence-electron chi connectivity index (χ4n) is 6.01. The first-order valence-electron chi connectivity index (χ1n) is 12.7. The molecule has 37 heavy (non-hydrogen) atoms. The minimum atomic E-state index is -0.117. The Morgan fingerprint density at radius 2 is 1.95 bits per heavy atom. The van der Waals surface area contributed by atoms with Crippen LogP contribution in [-0.4, -0.2) is 74.5 Å². The Labute approximate surface area is 214 Å². The molecule has 1 aliphatic carbocycles. The second-order valence-corrected chi connectivity index (χ2v) is 10.4. The molecule has 4 aromatic heterocycles. The summed E-state index contributed by atoms with van der Waals surface area (Å²) in [5, 5.41) is 21.8. The van der Waals surface area contributed by atoms with Crippen LogP contribution in [0.4, 0.5) is 5.82 Å². The van der Waals surface area contributed by atoms with Crippen LogP contribution in [0.2, 0.25) is 0 Å². The van der Waals surface area contributed by atoms with Gasteiger partial charge in [-0.05, 0) is 37.1 Å². The number of hydrogen-bond acceptors (Lipinski definition) is 7. The number of nitriles is 1.